The van der Waals surface area contributed by atoms with E-state index < -0.39 is 0 Å². The van der Waals surface area contributed by atoms with Gasteiger partial charge in [0.15, 0.2) is 0 Å². The second-order valence-electron chi connectivity index (χ2n) is 5.97. The molecule has 1 fully saturated rings. The lowest BCUT2D eigenvalue weighted by Crippen LogP contribution is -2.36. The number of morpholine rings is 1. The number of hydrogen-bond donors (Lipinski definition) is 2. The summed E-state index contributed by atoms with van der Waals surface area (Å²) in [7, 11) is 0. The Balaban J connectivity index is 1.65. The minimum absolute atomic E-state index is 0.0648. The predicted molar refractivity (Wildman–Crippen MR) is 108 cm³/mol. The molecule has 2 aromatic rings. The molecule has 2 aromatic carbocycles. The van der Waals surface area contributed by atoms with Crippen molar-refractivity contribution in [3.8, 4) is 6.07 Å². The summed E-state index contributed by atoms with van der Waals surface area (Å²) < 4.78 is 5.39. The average Bonchev–Trinajstić information content (AvgIpc) is 2.67. The number of nitrogens with zero attached hydrogens (tertiary/aromatic N) is 2. The number of nitriles is 1. The molecule has 0 radical (unpaired) electrons. The van der Waals surface area contributed by atoms with E-state index >= 15 is 0 Å². The van der Waals surface area contributed by atoms with Gasteiger partial charge in [0.1, 0.15) is 6.07 Å². The molecular weight excluding hydrogens is 387 g/mol. The molecule has 0 saturated carbocycles. The number of amides is 1. The zero-order valence-corrected chi connectivity index (χ0v) is 16.0. The molecule has 0 aromatic heterocycles. The van der Waals surface area contributed by atoms with Crippen LogP contribution in [0.4, 0.5) is 17.1 Å². The van der Waals surface area contributed by atoms with Gasteiger partial charge in [-0.15, -0.1) is 0 Å². The molecular formula is C19H18Cl2N4O2. The molecule has 140 valence electrons. The predicted octanol–water partition coefficient (Wildman–Crippen LogP) is 3.75. The largest absolute Gasteiger partial charge is 0.378 e. The van der Waals surface area contributed by atoms with Gasteiger partial charge in [-0.25, -0.2) is 0 Å². The van der Waals surface area contributed by atoms with Gasteiger partial charge < -0.3 is 20.3 Å². The third-order valence-electron chi connectivity index (χ3n) is 4.12. The molecule has 0 aliphatic carbocycles. The van der Waals surface area contributed by atoms with Crippen molar-refractivity contribution in [2.75, 3.05) is 48.4 Å². The number of anilines is 3. The van der Waals surface area contributed by atoms with Crippen LogP contribution in [0.25, 0.3) is 0 Å². The van der Waals surface area contributed by atoms with Gasteiger partial charge in [-0.1, -0.05) is 23.2 Å². The maximum Gasteiger partial charge on any atom is 0.243 e. The molecule has 3 rings (SSSR count). The Morgan fingerprint density at radius 3 is 2.67 bits per heavy atom. The number of ether oxygens (including phenoxy) is 1. The molecule has 6 nitrogen and oxygen atoms in total. The summed E-state index contributed by atoms with van der Waals surface area (Å²) in [6, 6.07) is 12.3. The highest BCUT2D eigenvalue weighted by Gasteiger charge is 2.16. The van der Waals surface area contributed by atoms with Crippen LogP contribution >= 0.6 is 23.2 Å². The molecule has 1 aliphatic rings. The van der Waals surface area contributed by atoms with Crippen LogP contribution in [0.1, 0.15) is 5.56 Å². The molecule has 8 heteroatoms. The van der Waals surface area contributed by atoms with Gasteiger partial charge in [0.2, 0.25) is 5.91 Å². The van der Waals surface area contributed by atoms with Crippen molar-refractivity contribution in [2.45, 2.75) is 0 Å². The van der Waals surface area contributed by atoms with Crippen LogP contribution in [0.2, 0.25) is 10.0 Å². The second kappa shape index (κ2) is 8.96. The SMILES string of the molecule is N#Cc1ccc(NC(=O)CNc2cc(Cl)ccc2N2CCOCC2)cc1Cl. The molecule has 0 unspecified atom stereocenters. The number of hydrogen-bond acceptors (Lipinski definition) is 5. The van der Waals surface area contributed by atoms with E-state index in [1.165, 1.54) is 0 Å². The van der Waals surface area contributed by atoms with Crippen molar-refractivity contribution < 1.29 is 9.53 Å². The molecule has 1 amide bonds. The monoisotopic (exact) mass is 404 g/mol. The summed E-state index contributed by atoms with van der Waals surface area (Å²) in [6.07, 6.45) is 0. The van der Waals surface area contributed by atoms with Crippen molar-refractivity contribution in [1.29, 1.82) is 5.26 Å². The minimum atomic E-state index is -0.233. The Kier molecular flexibility index (Phi) is 6.40. The number of carbonyl (C=O) groups excluding carboxylic acids is 1. The van der Waals surface area contributed by atoms with E-state index in [1.807, 2.05) is 18.2 Å². The van der Waals surface area contributed by atoms with E-state index in [0.717, 1.165) is 24.5 Å². The van der Waals surface area contributed by atoms with E-state index in [0.29, 0.717) is 34.5 Å². The molecule has 1 aliphatic heterocycles. The number of carbonyl (C=O) groups is 1. The molecule has 1 heterocycles. The van der Waals surface area contributed by atoms with Crippen molar-refractivity contribution in [3.05, 3.63) is 52.0 Å². The van der Waals surface area contributed by atoms with Gasteiger partial charge in [0.05, 0.1) is 41.7 Å². The molecule has 27 heavy (non-hydrogen) atoms. The first-order chi connectivity index (χ1) is 13.1. The van der Waals surface area contributed by atoms with Crippen LogP contribution in [0.5, 0.6) is 0 Å². The highest BCUT2D eigenvalue weighted by Crippen LogP contribution is 2.29. The fourth-order valence-corrected chi connectivity index (χ4v) is 3.19. The molecule has 2 N–H and O–H groups in total. The maximum atomic E-state index is 12.3. The van der Waals surface area contributed by atoms with Gasteiger partial charge in [0.25, 0.3) is 0 Å². The van der Waals surface area contributed by atoms with Crippen LogP contribution in [0.15, 0.2) is 36.4 Å². The van der Waals surface area contributed by atoms with Gasteiger partial charge in [-0.05, 0) is 36.4 Å². The molecule has 1 saturated heterocycles. The Morgan fingerprint density at radius 1 is 1.19 bits per heavy atom. The summed E-state index contributed by atoms with van der Waals surface area (Å²) >= 11 is 12.1. The molecule has 0 spiro atoms. The van der Waals surface area contributed by atoms with E-state index in [9.17, 15) is 4.79 Å². The summed E-state index contributed by atoms with van der Waals surface area (Å²) in [5.74, 6) is -0.233. The standard InChI is InChI=1S/C19H18Cl2N4O2/c20-14-2-4-18(25-5-7-27-8-6-25)17(9-14)23-12-19(26)24-15-3-1-13(11-22)16(21)10-15/h1-4,9-10,23H,5-8,12H2,(H,24,26). The Bertz CT molecular complexity index is 876. The van der Waals surface area contributed by atoms with E-state index in [4.69, 9.17) is 33.2 Å². The number of halogens is 2. The number of rotatable bonds is 5. The lowest BCUT2D eigenvalue weighted by atomic mass is 10.2. The summed E-state index contributed by atoms with van der Waals surface area (Å²) in [5.41, 5.74) is 2.67. The lowest BCUT2D eigenvalue weighted by molar-refractivity contribution is -0.114. The lowest BCUT2D eigenvalue weighted by Gasteiger charge is -2.30. The van der Waals surface area contributed by atoms with Crippen LogP contribution in [0.3, 0.4) is 0 Å². The summed E-state index contributed by atoms with van der Waals surface area (Å²) in [5, 5.41) is 15.7. The first-order valence-corrected chi connectivity index (χ1v) is 9.18. The quantitative estimate of drug-likeness (QED) is 0.793. The van der Waals surface area contributed by atoms with Gasteiger partial charge in [0, 0.05) is 23.8 Å². The van der Waals surface area contributed by atoms with Crippen LogP contribution in [0, 0.1) is 11.3 Å². The first kappa shape index (κ1) is 19.3. The highest BCUT2D eigenvalue weighted by atomic mass is 35.5. The first-order valence-electron chi connectivity index (χ1n) is 8.42. The van der Waals surface area contributed by atoms with Crippen LogP contribution < -0.4 is 15.5 Å². The summed E-state index contributed by atoms with van der Waals surface area (Å²) in [6.45, 7) is 2.97. The Labute approximate surface area is 167 Å². The fourth-order valence-electron chi connectivity index (χ4n) is 2.79. The third kappa shape index (κ3) is 5.04. The van der Waals surface area contributed by atoms with Crippen molar-refractivity contribution in [2.24, 2.45) is 0 Å². The van der Waals surface area contributed by atoms with E-state index in [2.05, 4.69) is 15.5 Å². The second-order valence-corrected chi connectivity index (χ2v) is 6.81. The maximum absolute atomic E-state index is 12.3. The van der Waals surface area contributed by atoms with Crippen LogP contribution in [-0.4, -0.2) is 38.8 Å². The molecule has 0 bridgehead atoms. The van der Waals surface area contributed by atoms with Crippen molar-refractivity contribution in [1.82, 2.24) is 0 Å². The topological polar surface area (TPSA) is 77.4 Å². The average molecular weight is 405 g/mol. The minimum Gasteiger partial charge on any atom is -0.378 e. The van der Waals surface area contributed by atoms with Crippen molar-refractivity contribution in [3.63, 3.8) is 0 Å². The highest BCUT2D eigenvalue weighted by molar-refractivity contribution is 6.32. The van der Waals surface area contributed by atoms with Crippen LogP contribution in [-0.2, 0) is 9.53 Å². The van der Waals surface area contributed by atoms with Gasteiger partial charge in [-0.2, -0.15) is 5.26 Å². The van der Waals surface area contributed by atoms with Crippen molar-refractivity contribution >= 4 is 46.2 Å². The van der Waals surface area contributed by atoms with Gasteiger partial charge >= 0.3 is 0 Å². The molecule has 0 atom stereocenters. The Morgan fingerprint density at radius 2 is 1.96 bits per heavy atom. The van der Waals surface area contributed by atoms with E-state index in [-0.39, 0.29) is 12.5 Å². The third-order valence-corrected chi connectivity index (χ3v) is 4.67. The Hall–Kier alpha value is -2.46. The zero-order chi connectivity index (χ0) is 19.2. The zero-order valence-electron chi connectivity index (χ0n) is 14.5. The van der Waals surface area contributed by atoms with E-state index in [1.54, 1.807) is 24.3 Å². The number of nitrogens with one attached hydrogen (secondary N) is 2. The summed E-state index contributed by atoms with van der Waals surface area (Å²) in [4.78, 5) is 14.5. The normalized spacial score (nSPS) is 13.7. The smallest absolute Gasteiger partial charge is 0.243 e. The fraction of sp³-hybridized carbons (Fsp3) is 0.263. The van der Waals surface area contributed by atoms with Gasteiger partial charge in [-0.3, -0.25) is 4.79 Å². The number of benzene rings is 2.